The minimum absolute atomic E-state index is 0.0856. The molecule has 0 aromatic heterocycles. The van der Waals surface area contributed by atoms with Crippen LogP contribution in [0.4, 0.5) is 8.78 Å². The molecule has 1 aliphatic rings. The van der Waals surface area contributed by atoms with Gasteiger partial charge in [-0.05, 0) is 23.8 Å². The number of carbonyl (C=O) groups excluding carboxylic acids is 1. The number of nitrogens with zero attached hydrogens (tertiary/aromatic N) is 1. The van der Waals surface area contributed by atoms with E-state index < -0.39 is 18.0 Å². The van der Waals surface area contributed by atoms with Crippen molar-refractivity contribution < 1.29 is 27.8 Å². The van der Waals surface area contributed by atoms with Gasteiger partial charge in [0.25, 0.3) is 0 Å². The first-order valence-corrected chi connectivity index (χ1v) is 6.86. The van der Waals surface area contributed by atoms with E-state index in [2.05, 4.69) is 9.73 Å². The number of hydrogen-bond donors (Lipinski definition) is 0. The zero-order valence-corrected chi connectivity index (χ0v) is 13.2. The monoisotopic (exact) mass is 325 g/mol. The van der Waals surface area contributed by atoms with E-state index >= 15 is 0 Å². The number of esters is 1. The van der Waals surface area contributed by atoms with Crippen LogP contribution in [0.5, 0.6) is 11.5 Å². The lowest BCUT2D eigenvalue weighted by molar-refractivity contribution is -0.130. The summed E-state index contributed by atoms with van der Waals surface area (Å²) >= 11 is 0. The van der Waals surface area contributed by atoms with E-state index in [0.717, 1.165) is 0 Å². The van der Waals surface area contributed by atoms with E-state index in [-0.39, 0.29) is 17.2 Å². The first-order chi connectivity index (χ1) is 10.7. The molecule has 5 nitrogen and oxygen atoms in total. The predicted molar refractivity (Wildman–Crippen MR) is 80.6 cm³/mol. The SMILES string of the molecule is COc1cc(C=C2N=C(C(C)(C)C)OC2=O)ccc1OC(F)F. The molecule has 124 valence electrons. The Kier molecular flexibility index (Phi) is 4.68. The Balaban J connectivity index is 2.32. The summed E-state index contributed by atoms with van der Waals surface area (Å²) in [5.74, 6) is -0.177. The van der Waals surface area contributed by atoms with Crippen LogP contribution in [-0.2, 0) is 9.53 Å². The molecule has 0 aliphatic carbocycles. The maximum Gasteiger partial charge on any atom is 0.387 e. The summed E-state index contributed by atoms with van der Waals surface area (Å²) in [6.45, 7) is 2.68. The largest absolute Gasteiger partial charge is 0.493 e. The van der Waals surface area contributed by atoms with E-state index in [9.17, 15) is 13.6 Å². The van der Waals surface area contributed by atoms with Crippen LogP contribution in [0.25, 0.3) is 6.08 Å². The van der Waals surface area contributed by atoms with E-state index in [1.807, 2.05) is 20.8 Å². The molecular formula is C16H17F2NO4. The van der Waals surface area contributed by atoms with Gasteiger partial charge in [0.05, 0.1) is 7.11 Å². The van der Waals surface area contributed by atoms with Gasteiger partial charge < -0.3 is 14.2 Å². The highest BCUT2D eigenvalue weighted by Crippen LogP contribution is 2.31. The van der Waals surface area contributed by atoms with Crippen molar-refractivity contribution in [2.24, 2.45) is 10.4 Å². The number of rotatable bonds is 4. The van der Waals surface area contributed by atoms with Gasteiger partial charge in [-0.25, -0.2) is 9.79 Å². The fourth-order valence-corrected chi connectivity index (χ4v) is 1.86. The molecule has 0 N–H and O–H groups in total. The van der Waals surface area contributed by atoms with Crippen LogP contribution in [0.3, 0.4) is 0 Å². The molecular weight excluding hydrogens is 308 g/mol. The van der Waals surface area contributed by atoms with E-state index in [1.165, 1.54) is 31.4 Å². The van der Waals surface area contributed by atoms with Gasteiger partial charge in [0.2, 0.25) is 5.90 Å². The van der Waals surface area contributed by atoms with Crippen LogP contribution >= 0.6 is 0 Å². The van der Waals surface area contributed by atoms with Gasteiger partial charge in [0.1, 0.15) is 0 Å². The molecule has 0 unspecified atom stereocenters. The van der Waals surface area contributed by atoms with Gasteiger partial charge in [0.15, 0.2) is 17.2 Å². The summed E-state index contributed by atoms with van der Waals surface area (Å²) < 4.78 is 39.1. The van der Waals surface area contributed by atoms with Crippen molar-refractivity contribution in [1.29, 1.82) is 0 Å². The normalized spacial score (nSPS) is 16.6. The molecule has 1 aliphatic heterocycles. The minimum atomic E-state index is -2.95. The number of hydrogen-bond acceptors (Lipinski definition) is 5. The van der Waals surface area contributed by atoms with Crippen molar-refractivity contribution in [1.82, 2.24) is 0 Å². The Hall–Kier alpha value is -2.44. The van der Waals surface area contributed by atoms with Crippen molar-refractivity contribution in [2.45, 2.75) is 27.4 Å². The number of aliphatic imine (C=N–C) groups is 1. The van der Waals surface area contributed by atoms with Crippen molar-refractivity contribution in [3.8, 4) is 11.5 Å². The molecule has 1 heterocycles. The number of cyclic esters (lactones) is 1. The lowest BCUT2D eigenvalue weighted by Crippen LogP contribution is -2.21. The molecule has 0 radical (unpaired) electrons. The summed E-state index contributed by atoms with van der Waals surface area (Å²) in [6.07, 6.45) is 1.50. The fraction of sp³-hybridized carbons (Fsp3) is 0.375. The molecule has 1 aromatic rings. The third-order valence-corrected chi connectivity index (χ3v) is 2.97. The third kappa shape index (κ3) is 4.06. The van der Waals surface area contributed by atoms with Crippen LogP contribution < -0.4 is 9.47 Å². The molecule has 0 amide bonds. The van der Waals surface area contributed by atoms with E-state index in [0.29, 0.717) is 11.5 Å². The summed E-state index contributed by atoms with van der Waals surface area (Å²) in [4.78, 5) is 16.0. The number of halogens is 2. The third-order valence-electron chi connectivity index (χ3n) is 2.97. The highest BCUT2D eigenvalue weighted by atomic mass is 19.3. The number of benzene rings is 1. The smallest absolute Gasteiger partial charge is 0.387 e. The van der Waals surface area contributed by atoms with Gasteiger partial charge in [-0.3, -0.25) is 0 Å². The van der Waals surface area contributed by atoms with Crippen LogP contribution in [0.2, 0.25) is 0 Å². The quantitative estimate of drug-likeness (QED) is 0.626. The second-order valence-electron chi connectivity index (χ2n) is 5.87. The van der Waals surface area contributed by atoms with Gasteiger partial charge in [-0.2, -0.15) is 8.78 Å². The summed E-state index contributed by atoms with van der Waals surface area (Å²) in [5, 5.41) is 0. The van der Waals surface area contributed by atoms with Crippen molar-refractivity contribution in [3.63, 3.8) is 0 Å². The highest BCUT2D eigenvalue weighted by molar-refractivity contribution is 6.08. The van der Waals surface area contributed by atoms with E-state index in [4.69, 9.17) is 9.47 Å². The van der Waals surface area contributed by atoms with Crippen molar-refractivity contribution >= 4 is 17.9 Å². The molecule has 0 saturated carbocycles. The maximum absolute atomic E-state index is 12.3. The zero-order valence-electron chi connectivity index (χ0n) is 13.2. The van der Waals surface area contributed by atoms with Crippen LogP contribution in [0.15, 0.2) is 28.9 Å². The lowest BCUT2D eigenvalue weighted by atomic mass is 9.97. The minimum Gasteiger partial charge on any atom is -0.493 e. The first-order valence-electron chi connectivity index (χ1n) is 6.86. The second kappa shape index (κ2) is 6.36. The molecule has 0 fully saturated rings. The number of methoxy groups -OCH3 is 1. The molecule has 23 heavy (non-hydrogen) atoms. The molecule has 0 bridgehead atoms. The lowest BCUT2D eigenvalue weighted by Gasteiger charge is -2.15. The van der Waals surface area contributed by atoms with Gasteiger partial charge >= 0.3 is 12.6 Å². The van der Waals surface area contributed by atoms with Gasteiger partial charge in [0, 0.05) is 5.41 Å². The van der Waals surface area contributed by atoms with E-state index in [1.54, 1.807) is 0 Å². The van der Waals surface area contributed by atoms with Crippen LogP contribution in [0, 0.1) is 5.41 Å². The molecule has 1 aromatic carbocycles. The molecule has 0 spiro atoms. The molecule has 0 atom stereocenters. The highest BCUT2D eigenvalue weighted by Gasteiger charge is 2.31. The Bertz CT molecular complexity index is 675. The predicted octanol–water partition coefficient (Wildman–Crippen LogP) is 3.64. The number of carbonyl (C=O) groups is 1. The van der Waals surface area contributed by atoms with Crippen LogP contribution in [0.1, 0.15) is 26.3 Å². The summed E-state index contributed by atoms with van der Waals surface area (Å²) in [5.41, 5.74) is 0.298. The second-order valence-corrected chi connectivity index (χ2v) is 5.87. The van der Waals surface area contributed by atoms with Gasteiger partial charge in [-0.1, -0.05) is 26.8 Å². The fourth-order valence-electron chi connectivity index (χ4n) is 1.86. The summed E-state index contributed by atoms with van der Waals surface area (Å²) in [7, 11) is 1.34. The number of alkyl halides is 2. The zero-order chi connectivity index (χ0) is 17.2. The van der Waals surface area contributed by atoms with Crippen molar-refractivity contribution in [2.75, 3.05) is 7.11 Å². The average Bonchev–Trinajstić information content (AvgIpc) is 2.81. The van der Waals surface area contributed by atoms with Gasteiger partial charge in [-0.15, -0.1) is 0 Å². The molecule has 2 rings (SSSR count). The Morgan fingerprint density at radius 3 is 2.48 bits per heavy atom. The maximum atomic E-state index is 12.3. The Labute approximate surface area is 132 Å². The summed E-state index contributed by atoms with van der Waals surface area (Å²) in [6, 6.07) is 4.33. The average molecular weight is 325 g/mol. The topological polar surface area (TPSA) is 57.1 Å². The Morgan fingerprint density at radius 1 is 1.26 bits per heavy atom. The Morgan fingerprint density at radius 2 is 1.96 bits per heavy atom. The number of ether oxygens (including phenoxy) is 3. The van der Waals surface area contributed by atoms with Crippen LogP contribution in [-0.4, -0.2) is 25.6 Å². The standard InChI is InChI=1S/C16H17F2NO4/c1-16(2,3)14-19-10(13(20)23-14)7-9-5-6-11(22-15(17)18)12(8-9)21-4/h5-8,15H,1-4H3. The first kappa shape index (κ1) is 16.9. The van der Waals surface area contributed by atoms with Crippen molar-refractivity contribution in [3.05, 3.63) is 29.5 Å². The molecule has 0 saturated heterocycles. The molecule has 7 heteroatoms.